The van der Waals surface area contributed by atoms with E-state index in [1.165, 1.54) is 0 Å². The third-order valence-electron chi connectivity index (χ3n) is 3.00. The van der Waals surface area contributed by atoms with Gasteiger partial charge >= 0.3 is 0 Å². The monoisotopic (exact) mass is 292 g/mol. The summed E-state index contributed by atoms with van der Waals surface area (Å²) in [4.78, 5) is 0. The van der Waals surface area contributed by atoms with E-state index in [4.69, 9.17) is 11.6 Å². The summed E-state index contributed by atoms with van der Waals surface area (Å²) in [6, 6.07) is 6.82. The van der Waals surface area contributed by atoms with Gasteiger partial charge in [-0.25, -0.2) is 8.42 Å². The number of rotatable bonds is 6. The van der Waals surface area contributed by atoms with Gasteiger partial charge in [0.15, 0.2) is 0 Å². The van der Waals surface area contributed by atoms with Crippen LogP contribution in [0.15, 0.2) is 24.3 Å². The highest BCUT2D eigenvalue weighted by Crippen LogP contribution is 2.33. The van der Waals surface area contributed by atoms with Crippen molar-refractivity contribution in [3.05, 3.63) is 34.9 Å². The van der Waals surface area contributed by atoms with Gasteiger partial charge in [-0.3, -0.25) is 0 Å². The second-order valence-electron chi connectivity index (χ2n) is 4.46. The third kappa shape index (κ3) is 3.68. The molecule has 0 saturated carbocycles. The van der Waals surface area contributed by atoms with E-state index < -0.39 is 15.3 Å². The van der Waals surface area contributed by atoms with Crippen molar-refractivity contribution in [3.8, 4) is 0 Å². The maximum atomic E-state index is 11.2. The Morgan fingerprint density at radius 2 is 1.78 bits per heavy atom. The summed E-state index contributed by atoms with van der Waals surface area (Å²) in [6.07, 6.45) is 1.25. The highest BCUT2D eigenvalue weighted by molar-refractivity contribution is 7.90. The van der Waals surface area contributed by atoms with Crippen LogP contribution in [-0.4, -0.2) is 43.9 Å². The SMILES string of the molecule is CS(=O)(=O)CCC(CO)(CO)c1ccccc1Cl. The number of benzene rings is 1. The van der Waals surface area contributed by atoms with E-state index in [0.717, 1.165) is 6.26 Å². The second kappa shape index (κ2) is 6.02. The van der Waals surface area contributed by atoms with Crippen molar-refractivity contribution >= 4 is 21.4 Å². The second-order valence-corrected chi connectivity index (χ2v) is 7.12. The Kier molecular flexibility index (Phi) is 5.16. The molecule has 1 aromatic carbocycles. The smallest absolute Gasteiger partial charge is 0.147 e. The topological polar surface area (TPSA) is 74.6 Å². The van der Waals surface area contributed by atoms with Gasteiger partial charge in [-0.1, -0.05) is 29.8 Å². The van der Waals surface area contributed by atoms with Gasteiger partial charge in [0, 0.05) is 16.7 Å². The standard InChI is InChI=1S/C12H17ClO4S/c1-18(16,17)7-6-12(8-14,9-15)10-4-2-3-5-11(10)13/h2-5,14-15H,6-9H2,1H3. The van der Waals surface area contributed by atoms with Crippen LogP contribution in [0.5, 0.6) is 0 Å². The molecule has 0 saturated heterocycles. The number of hydrogen-bond donors (Lipinski definition) is 2. The lowest BCUT2D eigenvalue weighted by Crippen LogP contribution is -2.37. The van der Waals surface area contributed by atoms with Crippen molar-refractivity contribution in [3.63, 3.8) is 0 Å². The molecule has 0 heterocycles. The highest BCUT2D eigenvalue weighted by atomic mass is 35.5. The maximum Gasteiger partial charge on any atom is 0.147 e. The van der Waals surface area contributed by atoms with Gasteiger partial charge in [0.25, 0.3) is 0 Å². The molecule has 0 bridgehead atoms. The number of aliphatic hydroxyl groups excluding tert-OH is 2. The minimum absolute atomic E-state index is 0.112. The Hall–Kier alpha value is -0.620. The van der Waals surface area contributed by atoms with Gasteiger partial charge in [0.05, 0.1) is 19.0 Å². The number of halogens is 1. The molecule has 2 N–H and O–H groups in total. The molecule has 0 radical (unpaired) electrons. The van der Waals surface area contributed by atoms with Crippen molar-refractivity contribution in [1.29, 1.82) is 0 Å². The minimum atomic E-state index is -3.16. The van der Waals surface area contributed by atoms with E-state index in [1.54, 1.807) is 24.3 Å². The lowest BCUT2D eigenvalue weighted by molar-refractivity contribution is 0.114. The molecule has 0 aliphatic carbocycles. The number of hydrogen-bond acceptors (Lipinski definition) is 4. The average molecular weight is 293 g/mol. The van der Waals surface area contributed by atoms with Crippen LogP contribution in [0.3, 0.4) is 0 Å². The van der Waals surface area contributed by atoms with Crippen molar-refractivity contribution in [2.24, 2.45) is 0 Å². The summed E-state index contributed by atoms with van der Waals surface area (Å²) in [5, 5.41) is 19.5. The fourth-order valence-electron chi connectivity index (χ4n) is 1.79. The Labute approximate surface area is 112 Å². The van der Waals surface area contributed by atoms with E-state index in [2.05, 4.69) is 0 Å². The lowest BCUT2D eigenvalue weighted by atomic mass is 9.79. The Balaban J connectivity index is 3.11. The average Bonchev–Trinajstić information content (AvgIpc) is 2.31. The van der Waals surface area contributed by atoms with Crippen molar-refractivity contribution in [1.82, 2.24) is 0 Å². The van der Waals surface area contributed by atoms with Gasteiger partial charge in [-0.2, -0.15) is 0 Å². The van der Waals surface area contributed by atoms with Gasteiger partial charge < -0.3 is 10.2 Å². The molecule has 0 fully saturated rings. The first-order valence-corrected chi connectivity index (χ1v) is 7.93. The zero-order valence-electron chi connectivity index (χ0n) is 10.1. The van der Waals surface area contributed by atoms with Crippen LogP contribution in [0.1, 0.15) is 12.0 Å². The molecule has 0 atom stereocenters. The van der Waals surface area contributed by atoms with E-state index in [-0.39, 0.29) is 25.4 Å². The zero-order valence-corrected chi connectivity index (χ0v) is 11.7. The molecule has 0 aliphatic heterocycles. The fraction of sp³-hybridized carbons (Fsp3) is 0.500. The Bertz CT molecular complexity index is 495. The minimum Gasteiger partial charge on any atom is -0.395 e. The molecule has 0 spiro atoms. The molecule has 1 rings (SSSR count). The predicted octanol–water partition coefficient (Wildman–Crippen LogP) is 0.997. The van der Waals surface area contributed by atoms with Gasteiger partial charge in [-0.15, -0.1) is 0 Å². The molecule has 102 valence electrons. The Morgan fingerprint density at radius 1 is 1.22 bits per heavy atom. The van der Waals surface area contributed by atoms with Crippen LogP contribution in [0, 0.1) is 0 Å². The normalized spacial score (nSPS) is 12.7. The molecular weight excluding hydrogens is 276 g/mol. The quantitative estimate of drug-likeness (QED) is 0.820. The van der Waals surface area contributed by atoms with Gasteiger partial charge in [0.2, 0.25) is 0 Å². The first-order chi connectivity index (χ1) is 8.34. The summed E-state index contributed by atoms with van der Waals surface area (Å²) in [7, 11) is -3.16. The van der Waals surface area contributed by atoms with Crippen LogP contribution in [0.25, 0.3) is 0 Å². The van der Waals surface area contributed by atoms with Crippen LogP contribution in [0.2, 0.25) is 5.02 Å². The highest BCUT2D eigenvalue weighted by Gasteiger charge is 2.33. The fourth-order valence-corrected chi connectivity index (χ4v) is 2.88. The summed E-state index contributed by atoms with van der Waals surface area (Å²) >= 11 is 6.04. The molecule has 0 aromatic heterocycles. The van der Waals surface area contributed by atoms with Crippen LogP contribution >= 0.6 is 11.6 Å². The summed E-state index contributed by atoms with van der Waals surface area (Å²) in [5.41, 5.74) is -0.457. The molecule has 4 nitrogen and oxygen atoms in total. The molecule has 0 amide bonds. The number of aliphatic hydroxyl groups is 2. The maximum absolute atomic E-state index is 11.2. The lowest BCUT2D eigenvalue weighted by Gasteiger charge is -2.31. The van der Waals surface area contributed by atoms with Gasteiger partial charge in [0.1, 0.15) is 9.84 Å². The third-order valence-corrected chi connectivity index (χ3v) is 4.28. The van der Waals surface area contributed by atoms with E-state index in [1.807, 2.05) is 0 Å². The molecular formula is C12H17ClO4S. The predicted molar refractivity (Wildman–Crippen MR) is 71.6 cm³/mol. The largest absolute Gasteiger partial charge is 0.395 e. The van der Waals surface area contributed by atoms with Crippen molar-refractivity contribution in [2.75, 3.05) is 25.2 Å². The molecule has 0 unspecified atom stereocenters. The molecule has 1 aromatic rings. The van der Waals surface area contributed by atoms with Gasteiger partial charge in [-0.05, 0) is 18.1 Å². The van der Waals surface area contributed by atoms with Crippen molar-refractivity contribution in [2.45, 2.75) is 11.8 Å². The summed E-state index contributed by atoms with van der Waals surface area (Å²) in [5.74, 6) is -0.112. The Morgan fingerprint density at radius 3 is 2.22 bits per heavy atom. The number of sulfone groups is 1. The zero-order chi connectivity index (χ0) is 13.8. The van der Waals surface area contributed by atoms with E-state index >= 15 is 0 Å². The molecule has 6 heteroatoms. The first kappa shape index (κ1) is 15.4. The van der Waals surface area contributed by atoms with E-state index in [0.29, 0.717) is 10.6 Å². The van der Waals surface area contributed by atoms with Crippen LogP contribution in [-0.2, 0) is 15.3 Å². The van der Waals surface area contributed by atoms with Crippen LogP contribution in [0.4, 0.5) is 0 Å². The van der Waals surface area contributed by atoms with E-state index in [9.17, 15) is 18.6 Å². The van der Waals surface area contributed by atoms with Crippen molar-refractivity contribution < 1.29 is 18.6 Å². The first-order valence-electron chi connectivity index (χ1n) is 5.49. The molecule has 18 heavy (non-hydrogen) atoms. The van der Waals surface area contributed by atoms with Crippen LogP contribution < -0.4 is 0 Å². The summed E-state index contributed by atoms with van der Waals surface area (Å²) in [6.45, 7) is -0.717. The molecule has 0 aliphatic rings. The summed E-state index contributed by atoms with van der Waals surface area (Å²) < 4.78 is 22.5.